The summed E-state index contributed by atoms with van der Waals surface area (Å²) < 4.78 is 48.6. The lowest BCUT2D eigenvalue weighted by molar-refractivity contribution is -0.367. The van der Waals surface area contributed by atoms with Crippen LogP contribution in [0.4, 0.5) is 19.0 Å². The molecule has 1 aliphatic rings. The molecule has 0 amide bonds. The number of anilines is 1. The fourth-order valence-corrected chi connectivity index (χ4v) is 2.88. The maximum absolute atomic E-state index is 12.7. The molecule has 7 heteroatoms. The van der Waals surface area contributed by atoms with E-state index in [0.29, 0.717) is 30.4 Å². The van der Waals surface area contributed by atoms with Crippen molar-refractivity contribution < 1.29 is 27.6 Å². The number of ether oxygens (including phenoxy) is 2. The van der Waals surface area contributed by atoms with Gasteiger partial charge in [-0.2, -0.15) is 13.2 Å². The molecule has 0 fully saturated rings. The molecule has 128 valence electrons. The zero-order valence-electron chi connectivity index (χ0n) is 13.4. The highest BCUT2D eigenvalue weighted by Gasteiger charge is 2.32. The molecule has 0 spiro atoms. The van der Waals surface area contributed by atoms with Gasteiger partial charge in [0.25, 0.3) is 5.82 Å². The number of aromatic nitrogens is 1. The van der Waals surface area contributed by atoms with Crippen molar-refractivity contribution in [2.75, 3.05) is 25.7 Å². The Morgan fingerprint density at radius 1 is 1.04 bits per heavy atom. The number of H-pyrrole nitrogens is 1. The summed E-state index contributed by atoms with van der Waals surface area (Å²) in [5.74, 6) is 1.99. The van der Waals surface area contributed by atoms with Crippen LogP contribution in [0, 0.1) is 0 Å². The lowest BCUT2D eigenvalue weighted by Gasteiger charge is -2.25. The smallest absolute Gasteiger partial charge is 0.419 e. The zero-order chi connectivity index (χ0) is 17.3. The Morgan fingerprint density at radius 2 is 1.71 bits per heavy atom. The van der Waals surface area contributed by atoms with Crippen molar-refractivity contribution in [1.29, 1.82) is 0 Å². The molecule has 4 nitrogen and oxygen atoms in total. The Kier molecular flexibility index (Phi) is 4.26. The topological polar surface area (TPSA) is 35.8 Å². The minimum absolute atomic E-state index is 0.595. The normalized spacial score (nSPS) is 14.3. The molecular formula is C17H18F3N2O2+. The van der Waals surface area contributed by atoms with E-state index in [9.17, 15) is 13.2 Å². The second-order valence-electron chi connectivity index (χ2n) is 5.61. The highest BCUT2D eigenvalue weighted by Crippen LogP contribution is 2.34. The van der Waals surface area contributed by atoms with Crippen LogP contribution in [0.25, 0.3) is 0 Å². The third kappa shape index (κ3) is 3.11. The summed E-state index contributed by atoms with van der Waals surface area (Å²) in [4.78, 5) is 4.75. The van der Waals surface area contributed by atoms with Crippen LogP contribution < -0.4 is 19.4 Å². The average Bonchev–Trinajstić information content (AvgIpc) is 2.59. The van der Waals surface area contributed by atoms with Gasteiger partial charge < -0.3 is 9.47 Å². The molecule has 0 aliphatic carbocycles. The van der Waals surface area contributed by atoms with Crippen LogP contribution in [-0.4, -0.2) is 20.8 Å². The number of halogens is 3. The molecule has 0 unspecified atom stereocenters. The summed E-state index contributed by atoms with van der Waals surface area (Å²) in [6.45, 7) is 1.31. The standard InChI is InChI=1S/C17H17F3N2O2/c1-23-14-7-11-5-6-22(10-12(11)8-15(14)24-2)16-4-3-13(9-21-16)17(18,19)20/h3-4,7-9H,5-6,10H2,1-2H3/p+1. The predicted octanol–water partition coefficient (Wildman–Crippen LogP) is 3.10. The largest absolute Gasteiger partial charge is 0.493 e. The van der Waals surface area contributed by atoms with Gasteiger partial charge in [-0.3, -0.25) is 4.90 Å². The molecule has 0 saturated heterocycles. The van der Waals surface area contributed by atoms with Gasteiger partial charge in [-0.05, 0) is 23.8 Å². The number of hydrogen-bond acceptors (Lipinski definition) is 3. The number of pyridine rings is 1. The van der Waals surface area contributed by atoms with Gasteiger partial charge in [0, 0.05) is 18.1 Å². The Bertz CT molecular complexity index is 730. The van der Waals surface area contributed by atoms with Crippen molar-refractivity contribution in [2.45, 2.75) is 19.1 Å². The number of nitrogens with zero attached hydrogens (tertiary/aromatic N) is 1. The van der Waals surface area contributed by atoms with Gasteiger partial charge in [0.1, 0.15) is 12.7 Å². The molecular weight excluding hydrogens is 321 g/mol. The first-order valence-electron chi connectivity index (χ1n) is 7.50. The van der Waals surface area contributed by atoms with Crippen LogP contribution in [0.2, 0.25) is 0 Å². The van der Waals surface area contributed by atoms with E-state index in [-0.39, 0.29) is 0 Å². The first kappa shape index (κ1) is 16.4. The molecule has 1 aromatic heterocycles. The maximum atomic E-state index is 12.7. The number of rotatable bonds is 3. The minimum Gasteiger partial charge on any atom is -0.493 e. The molecule has 3 rings (SSSR count). The second kappa shape index (κ2) is 6.22. The zero-order valence-corrected chi connectivity index (χ0v) is 13.4. The molecule has 0 saturated carbocycles. The summed E-state index contributed by atoms with van der Waals surface area (Å²) in [5.41, 5.74) is 1.55. The second-order valence-corrected chi connectivity index (χ2v) is 5.61. The van der Waals surface area contributed by atoms with Gasteiger partial charge in [0.15, 0.2) is 11.5 Å². The van der Waals surface area contributed by atoms with Crippen LogP contribution in [0.1, 0.15) is 16.7 Å². The number of fused-ring (bicyclic) bond motifs is 1. The van der Waals surface area contributed by atoms with Crippen LogP contribution in [-0.2, 0) is 19.1 Å². The van der Waals surface area contributed by atoms with Crippen LogP contribution in [0.3, 0.4) is 0 Å². The highest BCUT2D eigenvalue weighted by molar-refractivity contribution is 5.51. The monoisotopic (exact) mass is 339 g/mol. The lowest BCUT2D eigenvalue weighted by Crippen LogP contribution is -2.34. The summed E-state index contributed by atoms with van der Waals surface area (Å²) in [5, 5.41) is 0. The number of alkyl halides is 3. The number of hydrogen-bond donors (Lipinski definition) is 0. The van der Waals surface area contributed by atoms with E-state index in [0.717, 1.165) is 29.8 Å². The lowest BCUT2D eigenvalue weighted by atomic mass is 9.98. The minimum atomic E-state index is -4.34. The molecule has 0 atom stereocenters. The Hall–Kier alpha value is -2.44. The number of aromatic amines is 1. The Morgan fingerprint density at radius 3 is 2.25 bits per heavy atom. The molecule has 2 aromatic rings. The summed E-state index contributed by atoms with van der Waals surface area (Å²) >= 11 is 0. The van der Waals surface area contributed by atoms with Crippen molar-refractivity contribution in [3.05, 3.63) is 47.2 Å². The first-order valence-corrected chi connectivity index (χ1v) is 7.50. The van der Waals surface area contributed by atoms with E-state index in [2.05, 4.69) is 4.98 Å². The van der Waals surface area contributed by atoms with Gasteiger partial charge in [-0.25, -0.2) is 4.98 Å². The van der Waals surface area contributed by atoms with E-state index in [1.54, 1.807) is 14.2 Å². The quantitative estimate of drug-likeness (QED) is 0.862. The summed E-state index contributed by atoms with van der Waals surface area (Å²) in [7, 11) is 3.17. The van der Waals surface area contributed by atoms with E-state index >= 15 is 0 Å². The molecule has 1 aromatic carbocycles. The fourth-order valence-electron chi connectivity index (χ4n) is 2.88. The Labute approximate surface area is 137 Å². The third-order valence-electron chi connectivity index (χ3n) is 4.18. The van der Waals surface area contributed by atoms with Crippen LogP contribution in [0.15, 0.2) is 30.5 Å². The highest BCUT2D eigenvalue weighted by atomic mass is 19.4. The molecule has 1 N–H and O–H groups in total. The molecule has 2 heterocycles. The summed E-state index contributed by atoms with van der Waals surface area (Å²) in [6, 6.07) is 6.44. The van der Waals surface area contributed by atoms with Crippen molar-refractivity contribution in [1.82, 2.24) is 0 Å². The Balaban J connectivity index is 1.84. The third-order valence-corrected chi connectivity index (χ3v) is 4.18. The van der Waals surface area contributed by atoms with Crippen LogP contribution in [0.5, 0.6) is 11.5 Å². The van der Waals surface area contributed by atoms with Crippen molar-refractivity contribution >= 4 is 5.82 Å². The number of benzene rings is 1. The molecule has 24 heavy (non-hydrogen) atoms. The fraction of sp³-hybridized carbons (Fsp3) is 0.353. The van der Waals surface area contributed by atoms with Gasteiger partial charge in [-0.1, -0.05) is 0 Å². The van der Waals surface area contributed by atoms with E-state index in [4.69, 9.17) is 9.47 Å². The average molecular weight is 339 g/mol. The van der Waals surface area contributed by atoms with Gasteiger partial charge >= 0.3 is 6.18 Å². The van der Waals surface area contributed by atoms with Gasteiger partial charge in [-0.15, -0.1) is 0 Å². The van der Waals surface area contributed by atoms with Crippen molar-refractivity contribution in [3.8, 4) is 11.5 Å². The first-order chi connectivity index (χ1) is 11.4. The van der Waals surface area contributed by atoms with Crippen molar-refractivity contribution in [3.63, 3.8) is 0 Å². The SMILES string of the molecule is COc1cc2c(cc1OC)CN(c1ccc(C(F)(F)F)c[nH+]1)CC2. The van der Waals surface area contributed by atoms with Gasteiger partial charge in [0.2, 0.25) is 0 Å². The number of methoxy groups -OCH3 is 2. The van der Waals surface area contributed by atoms with E-state index in [1.807, 2.05) is 17.0 Å². The van der Waals surface area contributed by atoms with E-state index < -0.39 is 11.7 Å². The maximum Gasteiger partial charge on any atom is 0.419 e. The van der Waals surface area contributed by atoms with E-state index in [1.165, 1.54) is 6.07 Å². The van der Waals surface area contributed by atoms with Crippen molar-refractivity contribution in [2.24, 2.45) is 0 Å². The molecule has 0 radical (unpaired) electrons. The molecule has 1 aliphatic heterocycles. The number of nitrogens with one attached hydrogen (secondary N) is 1. The predicted molar refractivity (Wildman–Crippen MR) is 82.3 cm³/mol. The summed E-state index contributed by atoms with van der Waals surface area (Å²) in [6.07, 6.45) is -2.56. The van der Waals surface area contributed by atoms with Gasteiger partial charge in [0.05, 0.1) is 26.3 Å². The van der Waals surface area contributed by atoms with Crippen LogP contribution >= 0.6 is 0 Å². The molecule has 0 bridgehead atoms.